The fourth-order valence-electron chi connectivity index (χ4n) is 2.50. The second-order valence-electron chi connectivity index (χ2n) is 7.00. The van der Waals surface area contributed by atoms with Crippen molar-refractivity contribution < 1.29 is 9.59 Å². The van der Waals surface area contributed by atoms with Gasteiger partial charge in [0, 0.05) is 0 Å². The summed E-state index contributed by atoms with van der Waals surface area (Å²) in [5, 5.41) is -0.00852. The van der Waals surface area contributed by atoms with Crippen LogP contribution >= 0.6 is 23.2 Å². The van der Waals surface area contributed by atoms with E-state index in [-0.39, 0.29) is 21.3 Å². The summed E-state index contributed by atoms with van der Waals surface area (Å²) < 4.78 is 0. The van der Waals surface area contributed by atoms with E-state index in [2.05, 4.69) is 25.8 Å². The summed E-state index contributed by atoms with van der Waals surface area (Å²) in [5.41, 5.74) is 0.959. The first-order valence-corrected chi connectivity index (χ1v) is 8.05. The molecule has 0 aromatic heterocycles. The van der Waals surface area contributed by atoms with E-state index >= 15 is 0 Å². The van der Waals surface area contributed by atoms with Gasteiger partial charge in [-0.05, 0) is 48.6 Å². The van der Waals surface area contributed by atoms with Crippen molar-refractivity contribution in [2.24, 2.45) is 10.4 Å². The Morgan fingerprint density at radius 2 is 1.57 bits per heavy atom. The first-order valence-electron chi connectivity index (χ1n) is 7.29. The monoisotopic (exact) mass is 351 g/mol. The average molecular weight is 352 g/mol. The number of halogens is 2. The third-order valence-corrected chi connectivity index (χ3v) is 4.40. The first-order chi connectivity index (χ1) is 10.4. The first kappa shape index (κ1) is 17.9. The van der Waals surface area contributed by atoms with E-state index in [0.717, 1.165) is 5.57 Å². The van der Waals surface area contributed by atoms with Gasteiger partial charge in [-0.2, -0.15) is 0 Å². The molecule has 0 bridgehead atoms. The molecule has 0 saturated heterocycles. The van der Waals surface area contributed by atoms with Crippen LogP contribution in [0.4, 0.5) is 0 Å². The van der Waals surface area contributed by atoms with Crippen LogP contribution in [-0.4, -0.2) is 22.8 Å². The third-order valence-electron chi connectivity index (χ3n) is 3.84. The van der Waals surface area contributed by atoms with Crippen LogP contribution in [0.15, 0.2) is 50.5 Å². The molecule has 0 aliphatic heterocycles. The topological polar surface area (TPSA) is 46.5 Å². The minimum Gasteiger partial charge on any atom is -0.291 e. The molecule has 0 heterocycles. The molecule has 0 saturated carbocycles. The van der Waals surface area contributed by atoms with Crippen LogP contribution < -0.4 is 0 Å². The summed E-state index contributed by atoms with van der Waals surface area (Å²) in [7, 11) is 0. The summed E-state index contributed by atoms with van der Waals surface area (Å²) in [5.74, 6) is -0.515. The molecule has 5 heteroatoms. The Balaban J connectivity index is 2.55. The minimum absolute atomic E-state index is 0.00426. The smallest absolute Gasteiger partial charge is 0.215 e. The summed E-state index contributed by atoms with van der Waals surface area (Å²) in [6, 6.07) is 0. The number of Topliss-reactive ketones (excluding diaryl/α,β-unsaturated/α-hetero) is 2. The van der Waals surface area contributed by atoms with Gasteiger partial charge in [0.2, 0.25) is 5.78 Å². The van der Waals surface area contributed by atoms with Crippen molar-refractivity contribution >= 4 is 40.5 Å². The molecule has 2 aliphatic carbocycles. The summed E-state index contributed by atoms with van der Waals surface area (Å²) in [4.78, 5) is 28.8. The predicted molar refractivity (Wildman–Crippen MR) is 95.0 cm³/mol. The molecule has 2 aliphatic rings. The van der Waals surface area contributed by atoms with Gasteiger partial charge in [0.25, 0.3) is 0 Å². The van der Waals surface area contributed by atoms with Crippen LogP contribution in [-0.2, 0) is 9.59 Å². The minimum atomic E-state index is -1.04. The summed E-state index contributed by atoms with van der Waals surface area (Å²) >= 11 is 11.8. The van der Waals surface area contributed by atoms with Crippen molar-refractivity contribution in [2.75, 3.05) is 0 Å². The Labute approximate surface area is 146 Å². The number of carbonyl (C=O) groups excluding carboxylic acids is 2. The highest BCUT2D eigenvalue weighted by molar-refractivity contribution is 6.57. The van der Waals surface area contributed by atoms with Crippen LogP contribution in [0, 0.1) is 5.41 Å². The average Bonchev–Trinajstić information content (AvgIpc) is 2.40. The van der Waals surface area contributed by atoms with Gasteiger partial charge in [-0.25, -0.2) is 0 Å². The number of aliphatic imine (C=N–C) groups is 1. The lowest BCUT2D eigenvalue weighted by molar-refractivity contribution is -0.118. The zero-order valence-electron chi connectivity index (χ0n) is 13.8. The van der Waals surface area contributed by atoms with Gasteiger partial charge >= 0.3 is 0 Å². The SMILES string of the molecule is CC1=CC(C(C)(C)C)=CC(C)(N=C2C=C(Cl)C(=O)C(Cl)=C2)C1=O. The predicted octanol–water partition coefficient (Wildman–Crippen LogP) is 4.52. The number of hydrogen-bond donors (Lipinski definition) is 0. The Hall–Kier alpha value is -1.45. The quantitative estimate of drug-likeness (QED) is 0.652. The molecule has 3 nitrogen and oxygen atoms in total. The number of allylic oxidation sites excluding steroid dienone is 6. The Morgan fingerprint density at radius 1 is 1.04 bits per heavy atom. The highest BCUT2D eigenvalue weighted by Crippen LogP contribution is 2.36. The number of ketones is 2. The van der Waals surface area contributed by atoms with E-state index in [9.17, 15) is 9.59 Å². The van der Waals surface area contributed by atoms with Crippen LogP contribution in [0.2, 0.25) is 0 Å². The van der Waals surface area contributed by atoms with Gasteiger partial charge in [0.15, 0.2) is 5.78 Å². The number of nitrogens with zero attached hydrogens (tertiary/aromatic N) is 1. The second-order valence-corrected chi connectivity index (χ2v) is 7.82. The highest BCUT2D eigenvalue weighted by atomic mass is 35.5. The summed E-state index contributed by atoms with van der Waals surface area (Å²) in [6.45, 7) is 9.79. The molecule has 2 rings (SSSR count). The third kappa shape index (κ3) is 3.56. The van der Waals surface area contributed by atoms with E-state index in [1.165, 1.54) is 12.2 Å². The molecular formula is C18H19Cl2NO2. The lowest BCUT2D eigenvalue weighted by Crippen LogP contribution is -2.37. The van der Waals surface area contributed by atoms with E-state index in [1.54, 1.807) is 13.8 Å². The Morgan fingerprint density at radius 3 is 2.04 bits per heavy atom. The van der Waals surface area contributed by atoms with Crippen molar-refractivity contribution in [2.45, 2.75) is 40.2 Å². The van der Waals surface area contributed by atoms with E-state index in [0.29, 0.717) is 11.3 Å². The van der Waals surface area contributed by atoms with E-state index in [1.807, 2.05) is 12.2 Å². The molecular weight excluding hydrogens is 333 g/mol. The molecule has 122 valence electrons. The van der Waals surface area contributed by atoms with Gasteiger partial charge in [-0.1, -0.05) is 50.0 Å². The van der Waals surface area contributed by atoms with Gasteiger partial charge in [0.05, 0.1) is 15.8 Å². The van der Waals surface area contributed by atoms with Gasteiger partial charge in [0.1, 0.15) is 5.54 Å². The lowest BCUT2D eigenvalue weighted by Gasteiger charge is -2.31. The maximum Gasteiger partial charge on any atom is 0.215 e. The zero-order chi connectivity index (χ0) is 17.6. The maximum atomic E-state index is 12.6. The van der Waals surface area contributed by atoms with Crippen molar-refractivity contribution in [3.05, 3.63) is 45.5 Å². The van der Waals surface area contributed by atoms with E-state index in [4.69, 9.17) is 23.2 Å². The fraction of sp³-hybridized carbons (Fsp3) is 0.389. The molecule has 1 unspecified atom stereocenters. The van der Waals surface area contributed by atoms with Crippen LogP contribution in [0.3, 0.4) is 0 Å². The molecule has 0 N–H and O–H groups in total. The van der Waals surface area contributed by atoms with Gasteiger partial charge < -0.3 is 0 Å². The molecule has 0 amide bonds. The Bertz CT molecular complexity index is 721. The van der Waals surface area contributed by atoms with Crippen LogP contribution in [0.25, 0.3) is 0 Å². The second kappa shape index (κ2) is 5.88. The van der Waals surface area contributed by atoms with Crippen LogP contribution in [0.5, 0.6) is 0 Å². The largest absolute Gasteiger partial charge is 0.291 e. The highest BCUT2D eigenvalue weighted by Gasteiger charge is 2.37. The normalized spacial score (nSPS) is 25.6. The van der Waals surface area contributed by atoms with Crippen molar-refractivity contribution in [3.63, 3.8) is 0 Å². The maximum absolute atomic E-state index is 12.6. The molecule has 0 radical (unpaired) electrons. The van der Waals surface area contributed by atoms with Crippen molar-refractivity contribution in [1.82, 2.24) is 0 Å². The van der Waals surface area contributed by atoms with Crippen molar-refractivity contribution in [3.8, 4) is 0 Å². The molecule has 0 fully saturated rings. The molecule has 1 atom stereocenters. The lowest BCUT2D eigenvalue weighted by atomic mass is 9.76. The molecule has 0 spiro atoms. The summed E-state index contributed by atoms with van der Waals surface area (Å²) in [6.07, 6.45) is 6.65. The van der Waals surface area contributed by atoms with Crippen molar-refractivity contribution in [1.29, 1.82) is 0 Å². The van der Waals surface area contributed by atoms with Gasteiger partial charge in [-0.15, -0.1) is 0 Å². The zero-order valence-corrected chi connectivity index (χ0v) is 15.3. The fourth-order valence-corrected chi connectivity index (χ4v) is 2.98. The molecule has 23 heavy (non-hydrogen) atoms. The standard InChI is InChI=1S/C18H19Cl2NO2/c1-10-6-11(17(2,3)4)9-18(5,16(10)23)21-12-7-13(19)15(22)14(20)8-12/h6-9H,1-5H3. The Kier molecular flexibility index (Phi) is 4.57. The van der Waals surface area contributed by atoms with Gasteiger partial charge in [-0.3, -0.25) is 14.6 Å². The molecule has 0 aromatic carbocycles. The van der Waals surface area contributed by atoms with E-state index < -0.39 is 11.3 Å². The number of hydrogen-bond acceptors (Lipinski definition) is 3. The number of rotatable bonds is 1. The van der Waals surface area contributed by atoms with Crippen LogP contribution in [0.1, 0.15) is 34.6 Å². The molecule has 0 aromatic rings. The number of carbonyl (C=O) groups is 2.